The average Bonchev–Trinajstić information content (AvgIpc) is 2.34. The lowest BCUT2D eigenvalue weighted by Gasteiger charge is -2.12. The Kier molecular flexibility index (Phi) is 5.96. The summed E-state index contributed by atoms with van der Waals surface area (Å²) in [6.07, 6.45) is 6.53. The number of benzene rings is 1. The number of carbonyl (C=O) groups excluding carboxylic acids is 1. The van der Waals surface area contributed by atoms with Crippen molar-refractivity contribution < 1.29 is 4.79 Å². The molecule has 0 amide bonds. The van der Waals surface area contributed by atoms with Crippen LogP contribution >= 0.6 is 0 Å². The SMILES string of the molecule is CCCCCCC(C)c1ccc(C(C)=O)cc1. The van der Waals surface area contributed by atoms with Crippen molar-refractivity contribution in [2.45, 2.75) is 58.8 Å². The summed E-state index contributed by atoms with van der Waals surface area (Å²) in [7, 11) is 0. The highest BCUT2D eigenvalue weighted by Crippen LogP contribution is 2.22. The number of rotatable bonds is 7. The van der Waals surface area contributed by atoms with Crippen LogP contribution in [-0.2, 0) is 0 Å². The van der Waals surface area contributed by atoms with Crippen molar-refractivity contribution in [2.75, 3.05) is 0 Å². The summed E-state index contributed by atoms with van der Waals surface area (Å²) in [6.45, 7) is 6.13. The monoisotopic (exact) mass is 232 g/mol. The molecule has 1 aromatic carbocycles. The fourth-order valence-electron chi connectivity index (χ4n) is 2.09. The van der Waals surface area contributed by atoms with E-state index in [9.17, 15) is 4.79 Å². The molecule has 0 heterocycles. The quantitative estimate of drug-likeness (QED) is 0.479. The van der Waals surface area contributed by atoms with E-state index >= 15 is 0 Å². The molecule has 0 aliphatic carbocycles. The van der Waals surface area contributed by atoms with Gasteiger partial charge in [-0.15, -0.1) is 0 Å². The number of Topliss-reactive ketones (excluding diaryl/α,β-unsaturated/α-hetero) is 1. The van der Waals surface area contributed by atoms with Gasteiger partial charge in [-0.25, -0.2) is 0 Å². The van der Waals surface area contributed by atoms with Gasteiger partial charge in [-0.1, -0.05) is 63.8 Å². The van der Waals surface area contributed by atoms with Crippen LogP contribution in [0.4, 0.5) is 0 Å². The molecule has 0 aromatic heterocycles. The highest BCUT2D eigenvalue weighted by Gasteiger charge is 2.06. The third kappa shape index (κ3) is 4.72. The predicted molar refractivity (Wildman–Crippen MR) is 73.6 cm³/mol. The van der Waals surface area contributed by atoms with E-state index in [1.165, 1.54) is 37.7 Å². The molecule has 94 valence electrons. The molecule has 0 radical (unpaired) electrons. The topological polar surface area (TPSA) is 17.1 Å². The molecule has 0 bridgehead atoms. The standard InChI is InChI=1S/C16H24O/c1-4-5-6-7-8-13(2)15-9-11-16(12-10-15)14(3)17/h9-13H,4-8H2,1-3H3. The number of carbonyl (C=O) groups is 1. The Bertz CT molecular complexity index is 337. The maximum Gasteiger partial charge on any atom is 0.159 e. The first-order chi connectivity index (χ1) is 8.15. The van der Waals surface area contributed by atoms with Crippen LogP contribution in [0.2, 0.25) is 0 Å². The van der Waals surface area contributed by atoms with E-state index in [0.29, 0.717) is 5.92 Å². The Morgan fingerprint density at radius 3 is 2.29 bits per heavy atom. The third-order valence-electron chi connectivity index (χ3n) is 3.38. The Morgan fingerprint density at radius 2 is 1.76 bits per heavy atom. The lowest BCUT2D eigenvalue weighted by atomic mass is 9.94. The molecule has 0 fully saturated rings. The van der Waals surface area contributed by atoms with Gasteiger partial charge in [-0.05, 0) is 24.8 Å². The van der Waals surface area contributed by atoms with Crippen LogP contribution in [0, 0.1) is 0 Å². The average molecular weight is 232 g/mol. The maximum absolute atomic E-state index is 11.2. The molecule has 1 heteroatoms. The van der Waals surface area contributed by atoms with E-state index < -0.39 is 0 Å². The molecule has 0 aliphatic rings. The second-order valence-electron chi connectivity index (χ2n) is 4.93. The van der Waals surface area contributed by atoms with Crippen molar-refractivity contribution in [1.82, 2.24) is 0 Å². The van der Waals surface area contributed by atoms with Crippen molar-refractivity contribution in [1.29, 1.82) is 0 Å². The Morgan fingerprint density at radius 1 is 1.12 bits per heavy atom. The molecule has 1 nitrogen and oxygen atoms in total. The highest BCUT2D eigenvalue weighted by molar-refractivity contribution is 5.94. The van der Waals surface area contributed by atoms with Crippen LogP contribution < -0.4 is 0 Å². The lowest BCUT2D eigenvalue weighted by Crippen LogP contribution is -1.96. The summed E-state index contributed by atoms with van der Waals surface area (Å²) in [6, 6.07) is 8.09. The second kappa shape index (κ2) is 7.26. The van der Waals surface area contributed by atoms with Gasteiger partial charge in [0.25, 0.3) is 0 Å². The highest BCUT2D eigenvalue weighted by atomic mass is 16.1. The molecule has 1 atom stereocenters. The summed E-state index contributed by atoms with van der Waals surface area (Å²) >= 11 is 0. The van der Waals surface area contributed by atoms with Gasteiger partial charge in [0.1, 0.15) is 0 Å². The summed E-state index contributed by atoms with van der Waals surface area (Å²) < 4.78 is 0. The largest absolute Gasteiger partial charge is 0.295 e. The molecular weight excluding hydrogens is 208 g/mol. The van der Waals surface area contributed by atoms with Crippen LogP contribution in [0.3, 0.4) is 0 Å². The molecule has 17 heavy (non-hydrogen) atoms. The van der Waals surface area contributed by atoms with Gasteiger partial charge in [-0.3, -0.25) is 4.79 Å². The fourth-order valence-corrected chi connectivity index (χ4v) is 2.09. The Hall–Kier alpha value is -1.11. The first-order valence-electron chi connectivity index (χ1n) is 6.76. The molecule has 0 saturated heterocycles. The number of unbranched alkanes of at least 4 members (excludes halogenated alkanes) is 3. The number of hydrogen-bond donors (Lipinski definition) is 0. The molecule has 0 saturated carbocycles. The van der Waals surface area contributed by atoms with Crippen molar-refractivity contribution >= 4 is 5.78 Å². The maximum atomic E-state index is 11.2. The molecular formula is C16H24O. The van der Waals surface area contributed by atoms with E-state index in [2.05, 4.69) is 26.0 Å². The minimum atomic E-state index is 0.146. The third-order valence-corrected chi connectivity index (χ3v) is 3.38. The van der Waals surface area contributed by atoms with Gasteiger partial charge in [-0.2, -0.15) is 0 Å². The van der Waals surface area contributed by atoms with Gasteiger partial charge >= 0.3 is 0 Å². The minimum Gasteiger partial charge on any atom is -0.295 e. The van der Waals surface area contributed by atoms with Crippen LogP contribution in [0.1, 0.15) is 74.7 Å². The van der Waals surface area contributed by atoms with Gasteiger partial charge in [0, 0.05) is 5.56 Å². The molecule has 0 N–H and O–H groups in total. The summed E-state index contributed by atoms with van der Waals surface area (Å²) in [4.78, 5) is 11.2. The predicted octanol–water partition coefficient (Wildman–Crippen LogP) is 4.96. The summed E-state index contributed by atoms with van der Waals surface area (Å²) in [5, 5.41) is 0. The van der Waals surface area contributed by atoms with Gasteiger partial charge < -0.3 is 0 Å². The van der Waals surface area contributed by atoms with Crippen molar-refractivity contribution in [3.63, 3.8) is 0 Å². The van der Waals surface area contributed by atoms with Crippen LogP contribution in [0.5, 0.6) is 0 Å². The van der Waals surface area contributed by atoms with Crippen LogP contribution in [-0.4, -0.2) is 5.78 Å². The Labute approximate surface area is 105 Å². The molecule has 1 rings (SSSR count). The number of hydrogen-bond acceptors (Lipinski definition) is 1. The van der Waals surface area contributed by atoms with Crippen LogP contribution in [0.15, 0.2) is 24.3 Å². The zero-order valence-corrected chi connectivity index (χ0v) is 11.3. The zero-order chi connectivity index (χ0) is 12.7. The fraction of sp³-hybridized carbons (Fsp3) is 0.562. The summed E-state index contributed by atoms with van der Waals surface area (Å²) in [5.74, 6) is 0.750. The van der Waals surface area contributed by atoms with E-state index in [4.69, 9.17) is 0 Å². The van der Waals surface area contributed by atoms with Crippen molar-refractivity contribution in [3.8, 4) is 0 Å². The smallest absolute Gasteiger partial charge is 0.159 e. The number of ketones is 1. The van der Waals surface area contributed by atoms with Crippen LogP contribution in [0.25, 0.3) is 0 Å². The van der Waals surface area contributed by atoms with Crippen molar-refractivity contribution in [2.24, 2.45) is 0 Å². The summed E-state index contributed by atoms with van der Waals surface area (Å²) in [5.41, 5.74) is 2.17. The normalized spacial score (nSPS) is 12.4. The molecule has 1 unspecified atom stereocenters. The molecule has 0 aliphatic heterocycles. The van der Waals surface area contributed by atoms with Gasteiger partial charge in [0.2, 0.25) is 0 Å². The van der Waals surface area contributed by atoms with Crippen molar-refractivity contribution in [3.05, 3.63) is 35.4 Å². The molecule has 1 aromatic rings. The van der Waals surface area contributed by atoms with E-state index in [1.807, 2.05) is 12.1 Å². The first kappa shape index (κ1) is 14.0. The first-order valence-corrected chi connectivity index (χ1v) is 6.76. The van der Waals surface area contributed by atoms with Gasteiger partial charge in [0.05, 0.1) is 0 Å². The zero-order valence-electron chi connectivity index (χ0n) is 11.3. The lowest BCUT2D eigenvalue weighted by molar-refractivity contribution is 0.101. The molecule has 0 spiro atoms. The van der Waals surface area contributed by atoms with E-state index in [1.54, 1.807) is 6.92 Å². The Balaban J connectivity index is 2.46. The minimum absolute atomic E-state index is 0.146. The van der Waals surface area contributed by atoms with E-state index in [-0.39, 0.29) is 5.78 Å². The second-order valence-corrected chi connectivity index (χ2v) is 4.93. The van der Waals surface area contributed by atoms with Gasteiger partial charge in [0.15, 0.2) is 5.78 Å². The van der Waals surface area contributed by atoms with E-state index in [0.717, 1.165) is 5.56 Å².